The first-order valence-corrected chi connectivity index (χ1v) is 25.9. The fourth-order valence-corrected chi connectivity index (χ4v) is 7.06. The van der Waals surface area contributed by atoms with Crippen molar-refractivity contribution in [2.45, 2.75) is 252 Å². The number of hydrogen-bond acceptors (Lipinski definition) is 6. The molecule has 356 valence electrons. The number of hydrogen-bond donors (Lipinski definition) is 0. The second-order valence-corrected chi connectivity index (χ2v) is 17.1. The van der Waals surface area contributed by atoms with Crippen LogP contribution < -0.4 is 0 Å². The van der Waals surface area contributed by atoms with E-state index < -0.39 is 6.10 Å². The zero-order chi connectivity index (χ0) is 45.1. The average Bonchev–Trinajstić information content (AvgIpc) is 3.27. The van der Waals surface area contributed by atoms with Crippen LogP contribution in [0.5, 0.6) is 0 Å². The van der Waals surface area contributed by atoms with E-state index in [0.29, 0.717) is 19.3 Å². The highest BCUT2D eigenvalue weighted by molar-refractivity contribution is 5.71. The second-order valence-electron chi connectivity index (χ2n) is 17.1. The summed E-state index contributed by atoms with van der Waals surface area (Å²) in [6.45, 7) is 6.46. The Kier molecular flexibility index (Phi) is 47.9. The molecule has 0 rings (SSSR count). The van der Waals surface area contributed by atoms with Gasteiger partial charge in [-0.3, -0.25) is 14.4 Å². The SMILES string of the molecule is CC/C=C\C/C=C\C/C=C\CCCCCCCC(=O)O[C@H](COC(=O)CCC/C=C\C/C=C\C/C=C\CCCCCCCC)COC(=O)CCCCCCCCCCCCCC. The number of esters is 3. The van der Waals surface area contributed by atoms with Crippen molar-refractivity contribution in [3.8, 4) is 0 Å². The maximum Gasteiger partial charge on any atom is 0.306 e. The van der Waals surface area contributed by atoms with E-state index in [-0.39, 0.29) is 37.5 Å². The van der Waals surface area contributed by atoms with Crippen LogP contribution in [0.2, 0.25) is 0 Å². The van der Waals surface area contributed by atoms with E-state index in [4.69, 9.17) is 14.2 Å². The smallest absolute Gasteiger partial charge is 0.306 e. The number of unbranched alkanes of at least 4 members (excludes halogenated alkanes) is 23. The molecule has 0 saturated carbocycles. The van der Waals surface area contributed by atoms with E-state index in [0.717, 1.165) is 96.3 Å². The molecule has 0 saturated heterocycles. The highest BCUT2D eigenvalue weighted by Crippen LogP contribution is 2.14. The van der Waals surface area contributed by atoms with Gasteiger partial charge in [-0.2, -0.15) is 0 Å². The molecule has 0 fully saturated rings. The van der Waals surface area contributed by atoms with Gasteiger partial charge in [0.05, 0.1) is 0 Å². The lowest BCUT2D eigenvalue weighted by Crippen LogP contribution is -2.30. The molecule has 0 radical (unpaired) electrons. The first-order valence-electron chi connectivity index (χ1n) is 25.9. The lowest BCUT2D eigenvalue weighted by Gasteiger charge is -2.18. The van der Waals surface area contributed by atoms with Gasteiger partial charge in [0.2, 0.25) is 0 Å². The average molecular weight is 865 g/mol. The number of rotatable bonds is 46. The van der Waals surface area contributed by atoms with Crippen LogP contribution >= 0.6 is 0 Å². The van der Waals surface area contributed by atoms with Gasteiger partial charge in [-0.05, 0) is 83.5 Å². The lowest BCUT2D eigenvalue weighted by atomic mass is 10.0. The number of carbonyl (C=O) groups is 3. The van der Waals surface area contributed by atoms with Gasteiger partial charge >= 0.3 is 17.9 Å². The van der Waals surface area contributed by atoms with E-state index in [1.54, 1.807) is 0 Å². The van der Waals surface area contributed by atoms with Crippen LogP contribution in [0.15, 0.2) is 72.9 Å². The van der Waals surface area contributed by atoms with E-state index in [1.165, 1.54) is 103 Å². The van der Waals surface area contributed by atoms with Crippen molar-refractivity contribution in [3.63, 3.8) is 0 Å². The molecule has 0 aromatic carbocycles. The maximum atomic E-state index is 12.8. The molecule has 0 aliphatic rings. The van der Waals surface area contributed by atoms with E-state index >= 15 is 0 Å². The van der Waals surface area contributed by atoms with Crippen molar-refractivity contribution in [1.29, 1.82) is 0 Å². The normalized spacial score (nSPS) is 12.6. The minimum absolute atomic E-state index is 0.0967. The third-order valence-electron chi connectivity index (χ3n) is 10.9. The standard InChI is InChI=1S/C56H96O6/c1-4-7-10-13-16-19-22-25-27-28-30-31-34-37-40-43-46-49-55(58)61-52-53(51-60-54(57)48-45-42-39-36-33-24-21-18-15-12-9-6-3)62-56(59)50-47-44-41-38-35-32-29-26-23-20-17-14-11-8-5-2/h8,11,17,20,25-27,29-31,37,40,53H,4-7,9-10,12-16,18-19,21-24,28,32-36,38-39,41-52H2,1-3H3/b11-8-,20-17-,27-25-,29-26-,31-30-,40-37-/t53-/m0/s1. The fraction of sp³-hybridized carbons (Fsp3) is 0.732. The van der Waals surface area contributed by atoms with Crippen molar-refractivity contribution in [1.82, 2.24) is 0 Å². The Labute approximate surface area is 382 Å². The van der Waals surface area contributed by atoms with Gasteiger partial charge in [0.25, 0.3) is 0 Å². The fourth-order valence-electron chi connectivity index (χ4n) is 7.06. The van der Waals surface area contributed by atoms with Gasteiger partial charge in [0.1, 0.15) is 13.2 Å². The molecule has 6 nitrogen and oxygen atoms in total. The van der Waals surface area contributed by atoms with E-state index in [9.17, 15) is 14.4 Å². The van der Waals surface area contributed by atoms with Gasteiger partial charge in [0, 0.05) is 19.3 Å². The van der Waals surface area contributed by atoms with Crippen LogP contribution in [-0.2, 0) is 28.6 Å². The monoisotopic (exact) mass is 865 g/mol. The molecule has 0 unspecified atom stereocenters. The van der Waals surface area contributed by atoms with E-state index in [1.807, 2.05) is 0 Å². The summed E-state index contributed by atoms with van der Waals surface area (Å²) in [4.78, 5) is 37.9. The molecule has 0 N–H and O–H groups in total. The topological polar surface area (TPSA) is 78.9 Å². The molecule has 62 heavy (non-hydrogen) atoms. The predicted octanol–water partition coefficient (Wildman–Crippen LogP) is 17.0. The lowest BCUT2D eigenvalue weighted by molar-refractivity contribution is -0.167. The van der Waals surface area contributed by atoms with Gasteiger partial charge in [-0.1, -0.05) is 216 Å². The first-order chi connectivity index (χ1) is 30.5. The minimum atomic E-state index is -0.802. The zero-order valence-electron chi connectivity index (χ0n) is 40.6. The van der Waals surface area contributed by atoms with Crippen molar-refractivity contribution >= 4 is 17.9 Å². The van der Waals surface area contributed by atoms with Crippen LogP contribution in [0.3, 0.4) is 0 Å². The quantitative estimate of drug-likeness (QED) is 0.0262. The van der Waals surface area contributed by atoms with Gasteiger partial charge in [-0.15, -0.1) is 0 Å². The van der Waals surface area contributed by atoms with Crippen LogP contribution in [0.4, 0.5) is 0 Å². The van der Waals surface area contributed by atoms with Crippen LogP contribution in [0.25, 0.3) is 0 Å². The summed E-state index contributed by atoms with van der Waals surface area (Å²) in [7, 11) is 0. The predicted molar refractivity (Wildman–Crippen MR) is 265 cm³/mol. The van der Waals surface area contributed by atoms with Crippen molar-refractivity contribution in [3.05, 3.63) is 72.9 Å². The van der Waals surface area contributed by atoms with Gasteiger partial charge < -0.3 is 14.2 Å². The summed E-state index contributed by atoms with van der Waals surface area (Å²) in [6.07, 6.45) is 63.2. The van der Waals surface area contributed by atoms with Crippen molar-refractivity contribution in [2.75, 3.05) is 13.2 Å². The third-order valence-corrected chi connectivity index (χ3v) is 10.9. The molecule has 0 aromatic rings. The second kappa shape index (κ2) is 50.5. The highest BCUT2D eigenvalue weighted by Gasteiger charge is 2.19. The molecule has 0 aliphatic heterocycles. The maximum absolute atomic E-state index is 12.8. The Balaban J connectivity index is 4.47. The zero-order valence-corrected chi connectivity index (χ0v) is 40.6. The molecular formula is C56H96O6. The Bertz CT molecular complexity index is 1180. The first kappa shape index (κ1) is 58.9. The largest absolute Gasteiger partial charge is 0.462 e. The highest BCUT2D eigenvalue weighted by atomic mass is 16.6. The molecule has 0 amide bonds. The molecule has 0 bridgehead atoms. The summed E-state index contributed by atoms with van der Waals surface area (Å²) >= 11 is 0. The summed E-state index contributed by atoms with van der Waals surface area (Å²) in [5, 5.41) is 0. The number of carbonyl (C=O) groups excluding carboxylic acids is 3. The number of ether oxygens (including phenoxy) is 3. The molecule has 6 heteroatoms. The molecule has 0 aliphatic carbocycles. The van der Waals surface area contributed by atoms with Crippen molar-refractivity contribution < 1.29 is 28.6 Å². The molecule has 0 aromatic heterocycles. The van der Waals surface area contributed by atoms with Gasteiger partial charge in [-0.25, -0.2) is 0 Å². The Morgan fingerprint density at radius 2 is 0.645 bits per heavy atom. The van der Waals surface area contributed by atoms with Crippen LogP contribution in [-0.4, -0.2) is 37.2 Å². The Morgan fingerprint density at radius 3 is 1.05 bits per heavy atom. The number of allylic oxidation sites excluding steroid dienone is 12. The third kappa shape index (κ3) is 47.9. The molecular weight excluding hydrogens is 769 g/mol. The molecule has 0 spiro atoms. The Hall–Kier alpha value is -3.15. The molecule has 0 heterocycles. The van der Waals surface area contributed by atoms with Crippen molar-refractivity contribution in [2.24, 2.45) is 0 Å². The summed E-state index contributed by atoms with van der Waals surface area (Å²) in [5.74, 6) is -0.967. The summed E-state index contributed by atoms with van der Waals surface area (Å²) in [6, 6.07) is 0. The van der Waals surface area contributed by atoms with Crippen LogP contribution in [0, 0.1) is 0 Å². The van der Waals surface area contributed by atoms with E-state index in [2.05, 4.69) is 93.7 Å². The van der Waals surface area contributed by atoms with Crippen LogP contribution in [0.1, 0.15) is 245 Å². The minimum Gasteiger partial charge on any atom is -0.462 e. The Morgan fingerprint density at radius 1 is 0.339 bits per heavy atom. The summed E-state index contributed by atoms with van der Waals surface area (Å²) < 4.78 is 16.7. The van der Waals surface area contributed by atoms with Gasteiger partial charge in [0.15, 0.2) is 6.10 Å². The summed E-state index contributed by atoms with van der Waals surface area (Å²) in [5.41, 5.74) is 0. The molecule has 1 atom stereocenters.